The van der Waals surface area contributed by atoms with Crippen molar-refractivity contribution in [1.82, 2.24) is 5.73 Å². The Morgan fingerprint density at radius 3 is 2.50 bits per heavy atom. The average Bonchev–Trinajstić information content (AvgIpc) is 2.15. The molecule has 1 rings (SSSR count). The summed E-state index contributed by atoms with van der Waals surface area (Å²) in [4.78, 5) is 0. The number of benzene rings is 1. The van der Waals surface area contributed by atoms with Crippen LogP contribution in [0.25, 0.3) is 0 Å². The van der Waals surface area contributed by atoms with Gasteiger partial charge >= 0.3 is 0 Å². The van der Waals surface area contributed by atoms with Crippen LogP contribution in [0.3, 0.4) is 0 Å². The topological polar surface area (TPSA) is 33.0 Å². The first-order valence-corrected chi connectivity index (χ1v) is 4.08. The zero-order valence-electron chi connectivity index (χ0n) is 7.34. The Bertz CT molecular complexity index is 235. The van der Waals surface area contributed by atoms with Gasteiger partial charge in [-0.3, -0.25) is 5.73 Å². The predicted octanol–water partition coefficient (Wildman–Crippen LogP) is 1.66. The van der Waals surface area contributed by atoms with Gasteiger partial charge < -0.3 is 4.74 Å². The summed E-state index contributed by atoms with van der Waals surface area (Å²) in [6.07, 6.45) is 0.908. The van der Waals surface area contributed by atoms with Crippen LogP contribution in [-0.2, 0) is 17.7 Å². The van der Waals surface area contributed by atoms with Crippen molar-refractivity contribution in [3.8, 4) is 0 Å². The second kappa shape index (κ2) is 4.91. The summed E-state index contributed by atoms with van der Waals surface area (Å²) in [5.74, 6) is 0. The number of ether oxygens (including phenoxy) is 1. The largest absolute Gasteiger partial charge is 0.384 e. The summed E-state index contributed by atoms with van der Waals surface area (Å²) < 4.78 is 4.98. The van der Waals surface area contributed by atoms with E-state index in [9.17, 15) is 0 Å². The molecule has 2 nitrogen and oxygen atoms in total. The fourth-order valence-electron chi connectivity index (χ4n) is 1.19. The van der Waals surface area contributed by atoms with Crippen LogP contribution in [0.4, 0.5) is 0 Å². The number of hydrogen-bond donors (Lipinski definition) is 0. The van der Waals surface area contributed by atoms with Crippen molar-refractivity contribution in [2.45, 2.75) is 13.0 Å². The maximum atomic E-state index is 7.28. The molecule has 0 saturated heterocycles. The SMILES string of the molecule is COCCc1ccccc1C[NH]. The number of nitrogens with one attached hydrogen (secondary N) is 1. The molecule has 12 heavy (non-hydrogen) atoms. The maximum absolute atomic E-state index is 7.28. The molecule has 0 unspecified atom stereocenters. The molecule has 65 valence electrons. The second-order valence-corrected chi connectivity index (χ2v) is 2.69. The van der Waals surface area contributed by atoms with Crippen molar-refractivity contribution in [2.75, 3.05) is 13.7 Å². The molecule has 0 spiro atoms. The summed E-state index contributed by atoms with van der Waals surface area (Å²) in [6, 6.07) is 8.03. The Labute approximate surface area is 73.3 Å². The van der Waals surface area contributed by atoms with Crippen LogP contribution in [0.5, 0.6) is 0 Å². The molecular formula is C10H14NO. The minimum Gasteiger partial charge on any atom is -0.384 e. The van der Waals surface area contributed by atoms with Gasteiger partial charge in [0, 0.05) is 13.7 Å². The van der Waals surface area contributed by atoms with E-state index in [0.29, 0.717) is 6.54 Å². The monoisotopic (exact) mass is 164 g/mol. The van der Waals surface area contributed by atoms with Gasteiger partial charge in [-0.1, -0.05) is 24.3 Å². The summed E-state index contributed by atoms with van der Waals surface area (Å²) in [6.45, 7) is 1.09. The number of methoxy groups -OCH3 is 1. The van der Waals surface area contributed by atoms with Gasteiger partial charge in [0.05, 0.1) is 6.61 Å². The minimum absolute atomic E-state index is 0.361. The molecule has 0 heterocycles. The lowest BCUT2D eigenvalue weighted by Crippen LogP contribution is -1.99. The van der Waals surface area contributed by atoms with Crippen molar-refractivity contribution in [3.63, 3.8) is 0 Å². The van der Waals surface area contributed by atoms with Crippen LogP contribution < -0.4 is 5.73 Å². The van der Waals surface area contributed by atoms with Crippen LogP contribution in [0, 0.1) is 0 Å². The highest BCUT2D eigenvalue weighted by Crippen LogP contribution is 2.08. The zero-order chi connectivity index (χ0) is 8.81. The van der Waals surface area contributed by atoms with E-state index in [2.05, 4.69) is 6.07 Å². The smallest absolute Gasteiger partial charge is 0.0502 e. The quantitative estimate of drug-likeness (QED) is 0.666. The highest BCUT2D eigenvalue weighted by atomic mass is 16.5. The molecule has 1 N–H and O–H groups in total. The van der Waals surface area contributed by atoms with Gasteiger partial charge in [0.1, 0.15) is 0 Å². The highest BCUT2D eigenvalue weighted by molar-refractivity contribution is 5.26. The molecule has 0 atom stereocenters. The molecule has 1 radical (unpaired) electrons. The third-order valence-electron chi connectivity index (χ3n) is 1.88. The molecule has 0 aliphatic heterocycles. The molecule has 2 heteroatoms. The zero-order valence-corrected chi connectivity index (χ0v) is 7.34. The standard InChI is InChI=1S/C10H14NO/c1-12-7-6-9-4-2-3-5-10(9)8-11/h2-5,11H,6-8H2,1H3. The van der Waals surface area contributed by atoms with Gasteiger partial charge in [0.25, 0.3) is 0 Å². The van der Waals surface area contributed by atoms with Crippen LogP contribution in [0.2, 0.25) is 0 Å². The molecule has 1 aromatic rings. The van der Waals surface area contributed by atoms with Crippen molar-refractivity contribution < 1.29 is 4.74 Å². The molecule has 0 fully saturated rings. The maximum Gasteiger partial charge on any atom is 0.0502 e. The fourth-order valence-corrected chi connectivity index (χ4v) is 1.19. The van der Waals surface area contributed by atoms with Gasteiger partial charge in [0.15, 0.2) is 0 Å². The first-order valence-electron chi connectivity index (χ1n) is 4.08. The summed E-state index contributed by atoms with van der Waals surface area (Å²) in [5, 5.41) is 0. The normalized spacial score (nSPS) is 10.2. The summed E-state index contributed by atoms with van der Waals surface area (Å²) in [5.41, 5.74) is 9.62. The number of hydrogen-bond acceptors (Lipinski definition) is 1. The van der Waals surface area contributed by atoms with Crippen LogP contribution in [0.15, 0.2) is 24.3 Å². The Morgan fingerprint density at radius 1 is 1.25 bits per heavy atom. The van der Waals surface area contributed by atoms with Gasteiger partial charge in [-0.2, -0.15) is 0 Å². The lowest BCUT2D eigenvalue weighted by atomic mass is 10.1. The molecular weight excluding hydrogens is 150 g/mol. The van der Waals surface area contributed by atoms with E-state index < -0.39 is 0 Å². The molecule has 0 aliphatic rings. The lowest BCUT2D eigenvalue weighted by Gasteiger charge is -2.05. The first kappa shape index (κ1) is 9.23. The van der Waals surface area contributed by atoms with Crippen molar-refractivity contribution in [1.29, 1.82) is 0 Å². The van der Waals surface area contributed by atoms with Crippen LogP contribution in [0.1, 0.15) is 11.1 Å². The van der Waals surface area contributed by atoms with Crippen LogP contribution in [-0.4, -0.2) is 13.7 Å². The Hall–Kier alpha value is -0.860. The third-order valence-corrected chi connectivity index (χ3v) is 1.88. The fraction of sp³-hybridized carbons (Fsp3) is 0.400. The van der Waals surface area contributed by atoms with Crippen LogP contribution >= 0.6 is 0 Å². The molecule has 0 bridgehead atoms. The average molecular weight is 164 g/mol. The van der Waals surface area contributed by atoms with Gasteiger partial charge in [-0.25, -0.2) is 0 Å². The van der Waals surface area contributed by atoms with Crippen molar-refractivity contribution in [2.24, 2.45) is 0 Å². The predicted molar refractivity (Wildman–Crippen MR) is 48.8 cm³/mol. The molecule has 0 aromatic heterocycles. The molecule has 1 aromatic carbocycles. The van der Waals surface area contributed by atoms with Crippen molar-refractivity contribution >= 4 is 0 Å². The van der Waals surface area contributed by atoms with Crippen molar-refractivity contribution in [3.05, 3.63) is 35.4 Å². The minimum atomic E-state index is 0.361. The second-order valence-electron chi connectivity index (χ2n) is 2.69. The van der Waals surface area contributed by atoms with E-state index in [1.54, 1.807) is 7.11 Å². The lowest BCUT2D eigenvalue weighted by molar-refractivity contribution is 0.202. The van der Waals surface area contributed by atoms with E-state index in [1.165, 1.54) is 5.56 Å². The van der Waals surface area contributed by atoms with E-state index in [1.807, 2.05) is 18.2 Å². The van der Waals surface area contributed by atoms with E-state index in [0.717, 1.165) is 18.6 Å². The van der Waals surface area contributed by atoms with E-state index in [-0.39, 0.29) is 0 Å². The summed E-state index contributed by atoms with van der Waals surface area (Å²) >= 11 is 0. The Balaban J connectivity index is 2.68. The van der Waals surface area contributed by atoms with E-state index >= 15 is 0 Å². The first-order chi connectivity index (χ1) is 5.88. The van der Waals surface area contributed by atoms with Gasteiger partial charge in [-0.15, -0.1) is 0 Å². The Kier molecular flexibility index (Phi) is 3.77. The summed E-state index contributed by atoms with van der Waals surface area (Å²) in [7, 11) is 1.70. The molecule has 0 saturated carbocycles. The number of rotatable bonds is 4. The van der Waals surface area contributed by atoms with Gasteiger partial charge in [-0.05, 0) is 17.5 Å². The highest BCUT2D eigenvalue weighted by Gasteiger charge is 1.98. The Morgan fingerprint density at radius 2 is 1.92 bits per heavy atom. The molecule has 0 aliphatic carbocycles. The molecule has 0 amide bonds. The van der Waals surface area contributed by atoms with E-state index in [4.69, 9.17) is 10.5 Å². The van der Waals surface area contributed by atoms with Gasteiger partial charge in [0.2, 0.25) is 0 Å². The third kappa shape index (κ3) is 2.32.